The number of hydrogen-bond donors (Lipinski definition) is 0. The predicted molar refractivity (Wildman–Crippen MR) is 25.6 cm³/mol. The zero-order valence-corrected chi connectivity index (χ0v) is 8.17. The van der Waals surface area contributed by atoms with E-state index in [1.165, 1.54) is 0 Å². The molecule has 0 saturated carbocycles. The zero-order chi connectivity index (χ0) is 5.11. The fraction of sp³-hybridized carbons (Fsp3) is 0.200. The van der Waals surface area contributed by atoms with Crippen LogP contribution in [0.1, 0.15) is 5.82 Å². The van der Waals surface area contributed by atoms with Crippen LogP contribution in [0.2, 0.25) is 0 Å². The summed E-state index contributed by atoms with van der Waals surface area (Å²) in [5.41, 5.74) is 0. The van der Waals surface area contributed by atoms with Gasteiger partial charge < -0.3 is 9.97 Å². The van der Waals surface area contributed by atoms with Crippen molar-refractivity contribution >= 4 is 0 Å². The average molecular weight is 132 g/mol. The van der Waals surface area contributed by atoms with Gasteiger partial charge in [0.1, 0.15) is 0 Å². The van der Waals surface area contributed by atoms with Crippen LogP contribution in [0.5, 0.6) is 0 Å². The Bertz CT molecular complexity index is 140. The van der Waals surface area contributed by atoms with Gasteiger partial charge in [-0.05, 0) is 0 Å². The molecule has 0 unspecified atom stereocenters. The first kappa shape index (κ1) is 8.72. The Morgan fingerprint density at radius 3 is 2.62 bits per heavy atom. The normalized spacial score (nSPS) is 7.62. The average Bonchev–Trinajstić information content (AvgIpc) is 1.69. The van der Waals surface area contributed by atoms with Crippen molar-refractivity contribution in [1.82, 2.24) is 9.97 Å². The molecule has 0 saturated heterocycles. The molecule has 1 rings (SSSR count). The van der Waals surface area contributed by atoms with Crippen molar-refractivity contribution in [1.29, 1.82) is 0 Å². The van der Waals surface area contributed by atoms with E-state index in [4.69, 9.17) is 0 Å². The Balaban J connectivity index is 0.000000490. The third-order valence-corrected chi connectivity index (χ3v) is 0.637. The number of rotatable bonds is 0. The SMILES string of the molecule is Cc1n[c-]ccn1.[K+]. The van der Waals surface area contributed by atoms with Crippen molar-refractivity contribution in [2.45, 2.75) is 6.92 Å². The number of aryl methyl sites for hydroxylation is 1. The minimum Gasteiger partial charge on any atom is -0.373 e. The summed E-state index contributed by atoms with van der Waals surface area (Å²) in [7, 11) is 0. The molecule has 0 N–H and O–H groups in total. The number of nitrogens with zero attached hydrogens (tertiary/aromatic N) is 2. The van der Waals surface area contributed by atoms with Gasteiger partial charge in [-0.25, -0.2) is 0 Å². The number of hydrogen-bond acceptors (Lipinski definition) is 2. The van der Waals surface area contributed by atoms with E-state index in [0.717, 1.165) is 5.82 Å². The Labute approximate surface area is 91.2 Å². The van der Waals surface area contributed by atoms with Crippen LogP contribution in [0.15, 0.2) is 12.3 Å². The van der Waals surface area contributed by atoms with Gasteiger partial charge in [0.25, 0.3) is 0 Å². The van der Waals surface area contributed by atoms with E-state index in [1.54, 1.807) is 12.3 Å². The Hall–Kier alpha value is 0.716. The van der Waals surface area contributed by atoms with Crippen molar-refractivity contribution < 1.29 is 51.4 Å². The van der Waals surface area contributed by atoms with E-state index < -0.39 is 0 Å². The summed E-state index contributed by atoms with van der Waals surface area (Å²) >= 11 is 0. The Kier molecular flexibility index (Phi) is 4.99. The van der Waals surface area contributed by atoms with Crippen molar-refractivity contribution in [3.05, 3.63) is 24.3 Å². The summed E-state index contributed by atoms with van der Waals surface area (Å²) in [5, 5.41) is 0. The molecule has 3 heteroatoms. The van der Waals surface area contributed by atoms with Gasteiger partial charge in [-0.15, -0.1) is 6.07 Å². The molecule has 8 heavy (non-hydrogen) atoms. The van der Waals surface area contributed by atoms with E-state index in [2.05, 4.69) is 16.2 Å². The summed E-state index contributed by atoms with van der Waals surface area (Å²) in [6.45, 7) is 1.83. The summed E-state index contributed by atoms with van der Waals surface area (Å²) in [4.78, 5) is 7.58. The molecule has 0 amide bonds. The van der Waals surface area contributed by atoms with Gasteiger partial charge in [-0.1, -0.05) is 19.3 Å². The first-order valence-electron chi connectivity index (χ1n) is 2.05. The topological polar surface area (TPSA) is 25.8 Å². The van der Waals surface area contributed by atoms with Crippen molar-refractivity contribution in [2.75, 3.05) is 0 Å². The fourth-order valence-corrected chi connectivity index (χ4v) is 0.338. The van der Waals surface area contributed by atoms with Crippen LogP contribution in [-0.4, -0.2) is 9.97 Å². The Morgan fingerprint density at radius 2 is 2.38 bits per heavy atom. The zero-order valence-electron chi connectivity index (χ0n) is 5.05. The van der Waals surface area contributed by atoms with E-state index in [1.807, 2.05) is 6.92 Å². The second-order valence-electron chi connectivity index (χ2n) is 1.23. The maximum absolute atomic E-state index is 3.84. The van der Waals surface area contributed by atoms with Crippen molar-refractivity contribution in [3.63, 3.8) is 0 Å². The molecule has 0 atom stereocenters. The molecule has 0 aliphatic carbocycles. The maximum Gasteiger partial charge on any atom is 1.00 e. The second kappa shape index (κ2) is 4.58. The van der Waals surface area contributed by atoms with E-state index in [0.29, 0.717) is 0 Å². The molecule has 1 aromatic rings. The van der Waals surface area contributed by atoms with Gasteiger partial charge >= 0.3 is 51.4 Å². The molecule has 0 aliphatic heterocycles. The molecule has 1 heterocycles. The van der Waals surface area contributed by atoms with Gasteiger partial charge in [-0.2, -0.15) is 0 Å². The van der Waals surface area contributed by atoms with Gasteiger partial charge in [-0.3, -0.25) is 0 Å². The molecule has 0 radical (unpaired) electrons. The molecule has 0 bridgehead atoms. The third kappa shape index (κ3) is 2.89. The first-order chi connectivity index (χ1) is 3.39. The molecule has 0 aromatic carbocycles. The minimum atomic E-state index is 0. The molecular weight excluding hydrogens is 127 g/mol. The molecular formula is C5H5KN2. The molecule has 0 fully saturated rings. The van der Waals surface area contributed by atoms with Crippen molar-refractivity contribution in [3.8, 4) is 0 Å². The molecule has 0 aliphatic rings. The molecule has 1 aromatic heterocycles. The van der Waals surface area contributed by atoms with Crippen LogP contribution in [-0.2, 0) is 0 Å². The van der Waals surface area contributed by atoms with Crippen LogP contribution in [0.25, 0.3) is 0 Å². The molecule has 0 spiro atoms. The Morgan fingerprint density at radius 1 is 1.62 bits per heavy atom. The van der Waals surface area contributed by atoms with Crippen LogP contribution < -0.4 is 51.4 Å². The first-order valence-corrected chi connectivity index (χ1v) is 2.05. The number of aromatic nitrogens is 2. The van der Waals surface area contributed by atoms with Gasteiger partial charge in [0.05, 0.1) is 0 Å². The summed E-state index contributed by atoms with van der Waals surface area (Å²) < 4.78 is 0. The standard InChI is InChI=1S/C5H5N2.K/c1-5-6-3-2-4-7-5;/h2-3H,1H3;/q-1;+1. The summed E-state index contributed by atoms with van der Waals surface area (Å²) in [6.07, 6.45) is 4.32. The molecule has 36 valence electrons. The fourth-order valence-electron chi connectivity index (χ4n) is 0.338. The van der Waals surface area contributed by atoms with Crippen LogP contribution in [0.4, 0.5) is 0 Å². The maximum atomic E-state index is 3.84. The van der Waals surface area contributed by atoms with Crippen LogP contribution in [0, 0.1) is 13.1 Å². The minimum absolute atomic E-state index is 0. The van der Waals surface area contributed by atoms with E-state index in [-0.39, 0.29) is 51.4 Å². The third-order valence-electron chi connectivity index (χ3n) is 0.637. The molecule has 2 nitrogen and oxygen atoms in total. The summed E-state index contributed by atoms with van der Waals surface area (Å²) in [6, 6.07) is 1.67. The van der Waals surface area contributed by atoms with Gasteiger partial charge in [0.2, 0.25) is 0 Å². The van der Waals surface area contributed by atoms with E-state index in [9.17, 15) is 0 Å². The van der Waals surface area contributed by atoms with Crippen LogP contribution in [0.3, 0.4) is 0 Å². The monoisotopic (exact) mass is 132 g/mol. The predicted octanol–water partition coefficient (Wildman–Crippen LogP) is -2.41. The van der Waals surface area contributed by atoms with E-state index >= 15 is 0 Å². The van der Waals surface area contributed by atoms with Crippen LogP contribution >= 0.6 is 0 Å². The van der Waals surface area contributed by atoms with Crippen molar-refractivity contribution in [2.24, 2.45) is 0 Å². The second-order valence-corrected chi connectivity index (χ2v) is 1.23. The van der Waals surface area contributed by atoms with Gasteiger partial charge in [0, 0.05) is 5.82 Å². The largest absolute Gasteiger partial charge is 1.00 e. The van der Waals surface area contributed by atoms with Gasteiger partial charge in [0.15, 0.2) is 0 Å². The quantitative estimate of drug-likeness (QED) is 0.290. The smallest absolute Gasteiger partial charge is 0.373 e. The summed E-state index contributed by atoms with van der Waals surface area (Å²) in [5.74, 6) is 0.766.